The molecule has 0 spiro atoms. The Hall–Kier alpha value is -3.44. The Morgan fingerprint density at radius 3 is 2.74 bits per heavy atom. The van der Waals surface area contributed by atoms with Crippen LogP contribution in [0.1, 0.15) is 23.8 Å². The summed E-state index contributed by atoms with van der Waals surface area (Å²) in [4.78, 5) is 36.7. The van der Waals surface area contributed by atoms with Gasteiger partial charge in [0.15, 0.2) is 5.82 Å². The zero-order valence-electron chi connectivity index (χ0n) is 16.3. The quantitative estimate of drug-likeness (QED) is 0.720. The van der Waals surface area contributed by atoms with Gasteiger partial charge in [-0.25, -0.2) is 19.2 Å². The molecule has 0 radical (unpaired) electrons. The Balaban J connectivity index is 1.63. The number of anilines is 3. The number of fused-ring (bicyclic) bond motifs is 4. The van der Waals surface area contributed by atoms with Gasteiger partial charge in [-0.2, -0.15) is 13.2 Å². The lowest BCUT2D eigenvalue weighted by molar-refractivity contribution is -0.149. The van der Waals surface area contributed by atoms with E-state index in [-0.39, 0.29) is 23.4 Å². The predicted molar refractivity (Wildman–Crippen MR) is 104 cm³/mol. The first-order valence-corrected chi connectivity index (χ1v) is 9.49. The molecule has 1 saturated heterocycles. The van der Waals surface area contributed by atoms with Crippen molar-refractivity contribution in [1.29, 1.82) is 0 Å². The normalized spacial score (nSPS) is 18.4. The summed E-state index contributed by atoms with van der Waals surface area (Å²) in [7, 11) is 0. The molecule has 2 aromatic heterocycles. The third-order valence-electron chi connectivity index (χ3n) is 5.20. The molecule has 3 amide bonds. The average molecular weight is 438 g/mol. The summed E-state index contributed by atoms with van der Waals surface area (Å²) >= 11 is 0. The van der Waals surface area contributed by atoms with Gasteiger partial charge in [-0.3, -0.25) is 15.0 Å². The third kappa shape index (κ3) is 4.09. The van der Waals surface area contributed by atoms with Crippen molar-refractivity contribution in [2.45, 2.75) is 31.6 Å². The number of halogens is 4. The number of amides is 3. The average Bonchev–Trinajstić information content (AvgIpc) is 3.11. The molecule has 8 nitrogen and oxygen atoms in total. The number of aromatic nitrogens is 2. The lowest BCUT2D eigenvalue weighted by Crippen LogP contribution is -2.49. The van der Waals surface area contributed by atoms with E-state index >= 15 is 0 Å². The van der Waals surface area contributed by atoms with Gasteiger partial charge >= 0.3 is 12.2 Å². The lowest BCUT2D eigenvalue weighted by atomic mass is 10.1. The molecule has 2 aromatic rings. The molecule has 4 rings (SSSR count). The molecule has 12 heteroatoms. The van der Waals surface area contributed by atoms with Gasteiger partial charge in [0.05, 0.1) is 11.7 Å². The zero-order valence-corrected chi connectivity index (χ0v) is 16.3. The first kappa shape index (κ1) is 20.8. The van der Waals surface area contributed by atoms with E-state index in [2.05, 4.69) is 15.3 Å². The lowest BCUT2D eigenvalue weighted by Gasteiger charge is -2.35. The minimum Gasteiger partial charge on any atom is -0.366 e. The highest BCUT2D eigenvalue weighted by Crippen LogP contribution is 2.39. The standard InChI is InChI=1S/C19H18F4N6O2/c1-10(19(21,22)23)25-17(30)13-2-3-14-16(26-13)29(12-5-7-28(14)9-12)18(31)27-15-8-11(20)4-6-24-15/h2-4,6,8,10,12H,5,7,9H2,1H3,(H,25,30)(H,24,27,31)/t10-,12+/m1/s1. The fraction of sp³-hybridized carbons (Fsp3) is 0.368. The maximum absolute atomic E-state index is 13.4. The largest absolute Gasteiger partial charge is 0.408 e. The minimum absolute atomic E-state index is 0.000115. The first-order chi connectivity index (χ1) is 14.6. The van der Waals surface area contributed by atoms with E-state index in [0.29, 0.717) is 25.2 Å². The molecule has 2 bridgehead atoms. The second kappa shape index (κ2) is 7.67. The van der Waals surface area contributed by atoms with Crippen LogP contribution in [0.5, 0.6) is 0 Å². The van der Waals surface area contributed by atoms with Crippen LogP contribution in [0.15, 0.2) is 30.5 Å². The van der Waals surface area contributed by atoms with E-state index in [1.807, 2.05) is 10.2 Å². The second-order valence-corrected chi connectivity index (χ2v) is 7.32. The number of pyridine rings is 2. The van der Waals surface area contributed by atoms with Gasteiger partial charge in [-0.05, 0) is 31.5 Å². The second-order valence-electron chi connectivity index (χ2n) is 7.32. The van der Waals surface area contributed by atoms with Gasteiger partial charge in [0, 0.05) is 25.4 Å². The van der Waals surface area contributed by atoms with Gasteiger partial charge in [0.2, 0.25) is 0 Å². The summed E-state index contributed by atoms with van der Waals surface area (Å²) in [6.07, 6.45) is -2.76. The molecule has 0 aromatic carbocycles. The van der Waals surface area contributed by atoms with Gasteiger partial charge < -0.3 is 10.2 Å². The Morgan fingerprint density at radius 2 is 2.03 bits per heavy atom. The summed E-state index contributed by atoms with van der Waals surface area (Å²) < 4.78 is 51.8. The molecule has 4 heterocycles. The Kier molecular flexibility index (Phi) is 5.15. The van der Waals surface area contributed by atoms with E-state index in [4.69, 9.17) is 0 Å². The Morgan fingerprint density at radius 1 is 1.26 bits per heavy atom. The van der Waals surface area contributed by atoms with Crippen LogP contribution in [0.2, 0.25) is 0 Å². The third-order valence-corrected chi connectivity index (χ3v) is 5.20. The van der Waals surface area contributed by atoms with Crippen LogP contribution in [-0.4, -0.2) is 53.3 Å². The number of rotatable bonds is 3. The van der Waals surface area contributed by atoms with Crippen LogP contribution in [-0.2, 0) is 0 Å². The topological polar surface area (TPSA) is 90.5 Å². The SMILES string of the molecule is C[C@@H](NC(=O)c1ccc2c(n1)N(C(=O)Nc1cc(F)ccn1)[C@H]1CCN2C1)C(F)(F)F. The fourth-order valence-corrected chi connectivity index (χ4v) is 3.59. The summed E-state index contributed by atoms with van der Waals surface area (Å²) in [5.41, 5.74) is 0.329. The molecule has 2 aliphatic heterocycles. The number of hydrogen-bond acceptors (Lipinski definition) is 5. The molecular weight excluding hydrogens is 420 g/mol. The Bertz CT molecular complexity index is 1030. The van der Waals surface area contributed by atoms with Crippen LogP contribution in [0.4, 0.5) is 39.7 Å². The summed E-state index contributed by atoms with van der Waals surface area (Å²) in [5.74, 6) is -1.44. The highest BCUT2D eigenvalue weighted by molar-refractivity contribution is 6.05. The molecule has 0 aliphatic carbocycles. The molecule has 0 unspecified atom stereocenters. The molecule has 0 saturated carbocycles. The van der Waals surface area contributed by atoms with Gasteiger partial charge in [-0.1, -0.05) is 0 Å². The number of carbonyl (C=O) groups excluding carboxylic acids is 2. The highest BCUT2D eigenvalue weighted by Gasteiger charge is 2.41. The van der Waals surface area contributed by atoms with Gasteiger partial charge in [0.25, 0.3) is 5.91 Å². The van der Waals surface area contributed by atoms with Crippen LogP contribution in [0, 0.1) is 5.82 Å². The van der Waals surface area contributed by atoms with E-state index in [9.17, 15) is 27.2 Å². The van der Waals surface area contributed by atoms with Crippen molar-refractivity contribution in [1.82, 2.24) is 15.3 Å². The van der Waals surface area contributed by atoms with E-state index in [1.165, 1.54) is 17.2 Å². The van der Waals surface area contributed by atoms with Crippen molar-refractivity contribution in [3.8, 4) is 0 Å². The number of hydrogen-bond donors (Lipinski definition) is 2. The highest BCUT2D eigenvalue weighted by atomic mass is 19.4. The van der Waals surface area contributed by atoms with Crippen LogP contribution >= 0.6 is 0 Å². The van der Waals surface area contributed by atoms with Crippen molar-refractivity contribution in [2.75, 3.05) is 28.2 Å². The molecule has 2 atom stereocenters. The monoisotopic (exact) mass is 438 g/mol. The van der Waals surface area contributed by atoms with E-state index in [1.54, 1.807) is 6.07 Å². The molecular formula is C19H18F4N6O2. The Labute approximate surface area is 174 Å². The molecule has 31 heavy (non-hydrogen) atoms. The maximum atomic E-state index is 13.4. The molecule has 2 N–H and O–H groups in total. The van der Waals surface area contributed by atoms with Crippen molar-refractivity contribution in [3.05, 3.63) is 42.0 Å². The van der Waals surface area contributed by atoms with Crippen molar-refractivity contribution < 1.29 is 27.2 Å². The van der Waals surface area contributed by atoms with Crippen molar-refractivity contribution >= 4 is 29.3 Å². The molecule has 1 fully saturated rings. The van der Waals surface area contributed by atoms with Crippen LogP contribution in [0.25, 0.3) is 0 Å². The molecule has 2 aliphatic rings. The van der Waals surface area contributed by atoms with Gasteiger partial charge in [0.1, 0.15) is 23.4 Å². The van der Waals surface area contributed by atoms with E-state index in [0.717, 1.165) is 19.1 Å². The van der Waals surface area contributed by atoms with E-state index < -0.39 is 30.0 Å². The van der Waals surface area contributed by atoms with Crippen molar-refractivity contribution in [2.24, 2.45) is 0 Å². The number of alkyl halides is 3. The summed E-state index contributed by atoms with van der Waals surface area (Å²) in [6.45, 7) is 2.02. The first-order valence-electron chi connectivity index (χ1n) is 9.49. The predicted octanol–water partition coefficient (Wildman–Crippen LogP) is 2.93. The molecule has 164 valence electrons. The maximum Gasteiger partial charge on any atom is 0.408 e. The number of nitrogens with zero attached hydrogens (tertiary/aromatic N) is 4. The van der Waals surface area contributed by atoms with Crippen LogP contribution < -0.4 is 20.4 Å². The number of nitrogens with one attached hydrogen (secondary N) is 2. The smallest absolute Gasteiger partial charge is 0.366 e. The zero-order chi connectivity index (χ0) is 22.3. The number of carbonyl (C=O) groups is 2. The fourth-order valence-electron chi connectivity index (χ4n) is 3.59. The minimum atomic E-state index is -4.60. The van der Waals surface area contributed by atoms with Gasteiger partial charge in [-0.15, -0.1) is 0 Å². The van der Waals surface area contributed by atoms with Crippen LogP contribution in [0.3, 0.4) is 0 Å². The summed E-state index contributed by atoms with van der Waals surface area (Å²) in [6, 6.07) is 2.11. The van der Waals surface area contributed by atoms with Crippen molar-refractivity contribution in [3.63, 3.8) is 0 Å². The number of urea groups is 1. The summed E-state index contributed by atoms with van der Waals surface area (Å²) in [5, 5.41) is 4.37.